The van der Waals surface area contributed by atoms with Gasteiger partial charge in [-0.25, -0.2) is 27.1 Å². The molecule has 2 saturated heterocycles. The summed E-state index contributed by atoms with van der Waals surface area (Å²) in [6.07, 6.45) is 0. The number of primary sulfonamides is 2. The van der Waals surface area contributed by atoms with Crippen LogP contribution in [0.5, 0.6) is 0 Å². The molecule has 0 spiro atoms. The molecule has 2 aliphatic heterocycles. The first-order valence-corrected chi connectivity index (χ1v) is 28.5. The number of primary amides is 1. The van der Waals surface area contributed by atoms with Crippen molar-refractivity contribution in [3.8, 4) is 0 Å². The number of nitrogens with zero attached hydrogens (tertiary/aromatic N) is 4. The zero-order valence-electron chi connectivity index (χ0n) is 39.6. The maximum atomic E-state index is 15.4. The van der Waals surface area contributed by atoms with E-state index in [1.807, 2.05) is 48.5 Å². The van der Waals surface area contributed by atoms with Crippen LogP contribution < -0.4 is 32.0 Å². The highest BCUT2D eigenvalue weighted by atomic mass is 32.2. The lowest BCUT2D eigenvalue weighted by Gasteiger charge is -2.43. The maximum absolute atomic E-state index is 15.4. The van der Waals surface area contributed by atoms with Gasteiger partial charge in [0.25, 0.3) is 11.4 Å². The number of amides is 3. The molecule has 5 atom stereocenters. The van der Waals surface area contributed by atoms with Gasteiger partial charge in [0.2, 0.25) is 37.8 Å². The largest absolute Gasteiger partial charge is 0.377 e. The van der Waals surface area contributed by atoms with Gasteiger partial charge in [-0.2, -0.15) is 12.6 Å². The van der Waals surface area contributed by atoms with E-state index >= 15 is 9.59 Å². The Bertz CT molecular complexity index is 3150. The molecule has 5 unspecified atom stereocenters. The molecule has 398 valence electrons. The van der Waals surface area contributed by atoms with Crippen LogP contribution in [0.15, 0.2) is 135 Å². The number of ether oxygens (including phenoxy) is 2. The lowest BCUT2D eigenvalue weighted by Crippen LogP contribution is -2.52. The van der Waals surface area contributed by atoms with Gasteiger partial charge < -0.3 is 41.0 Å². The van der Waals surface area contributed by atoms with Crippen molar-refractivity contribution in [3.05, 3.63) is 147 Å². The van der Waals surface area contributed by atoms with E-state index in [-0.39, 0.29) is 68.2 Å². The van der Waals surface area contributed by atoms with Crippen LogP contribution in [0, 0.1) is 20.2 Å². The summed E-state index contributed by atoms with van der Waals surface area (Å²) in [7, 11) is -8.71. The van der Waals surface area contributed by atoms with Crippen molar-refractivity contribution in [3.63, 3.8) is 0 Å². The molecule has 0 aromatic heterocycles. The van der Waals surface area contributed by atoms with Crippen molar-refractivity contribution in [2.24, 2.45) is 16.0 Å². The molecule has 5 aromatic rings. The fourth-order valence-electron chi connectivity index (χ4n) is 8.44. The van der Waals surface area contributed by atoms with Gasteiger partial charge in [0, 0.05) is 63.5 Å². The van der Waals surface area contributed by atoms with Crippen LogP contribution >= 0.6 is 36.2 Å². The third-order valence-electron chi connectivity index (χ3n) is 12.1. The Morgan fingerprint density at radius 3 is 1.51 bits per heavy atom. The normalized spacial score (nSPS) is 17.3. The molecule has 5 aromatic carbocycles. The molecular weight excluding hydrogens is 1070 g/mol. The Kier molecular flexibility index (Phi) is 18.7. The number of thiol groups is 1. The second-order valence-electron chi connectivity index (χ2n) is 16.9. The Balaban J connectivity index is 1.32. The highest BCUT2D eigenvalue weighted by Crippen LogP contribution is 2.41. The minimum absolute atomic E-state index is 0.00816. The number of anilines is 3. The molecular formula is C47H52N10O13S5. The van der Waals surface area contributed by atoms with Gasteiger partial charge in [-0.1, -0.05) is 48.5 Å². The van der Waals surface area contributed by atoms with Crippen molar-refractivity contribution in [1.82, 2.24) is 9.80 Å². The number of sulfonamides is 2. The fraction of sp³-hybridized carbons (Fsp3) is 0.298. The Hall–Kier alpha value is -6.50. The Labute approximate surface area is 445 Å². The van der Waals surface area contributed by atoms with Crippen LogP contribution in [0.1, 0.15) is 23.2 Å². The summed E-state index contributed by atoms with van der Waals surface area (Å²) in [5.74, 6) is -1.86. The van der Waals surface area contributed by atoms with Crippen molar-refractivity contribution in [1.29, 1.82) is 0 Å². The van der Waals surface area contributed by atoms with Crippen LogP contribution in [0.4, 0.5) is 28.4 Å². The molecule has 0 radical (unpaired) electrons. The summed E-state index contributed by atoms with van der Waals surface area (Å²) < 4.78 is 61.1. The summed E-state index contributed by atoms with van der Waals surface area (Å²) in [5, 5.41) is 44.7. The third-order valence-corrected chi connectivity index (χ3v) is 16.5. The Morgan fingerprint density at radius 2 is 1.08 bits per heavy atom. The fourth-order valence-corrected chi connectivity index (χ4v) is 11.6. The SMILES string of the molecule is NC(=O)C(CS)Nc1cccc(C2COCCN2C(=O)C(CSc2ccccc2)Nc2ccc(S(N)(=O)=O)cc2[N+](=O)[O-])c1C1COCCN1C(=O)C(CSc1ccccc1)Nc1ccc(S(N)(=O)=O)cc1[N+](=O)[O-]. The molecule has 2 fully saturated rings. The van der Waals surface area contributed by atoms with Gasteiger partial charge in [-0.15, -0.1) is 23.5 Å². The van der Waals surface area contributed by atoms with E-state index in [9.17, 15) is 41.9 Å². The standard InChI is InChI=1S/C47H52N10O13S5/c48-45(58)37(26-71)53-36-13-7-12-33(42-24-69-20-18-54(42)46(59)38(27-72-29-8-3-1-4-9-29)51-34-16-14-31(74(49,65)66)22-40(34)56(61)62)44(36)43-25-70-21-19-55(43)47(60)39(28-73-30-10-5-2-6-11-30)52-35-17-15-32(75(50,67)68)23-41(35)57(63)64/h1-17,22-23,37-39,42-43,51-53,71H,18-21,24-28H2,(H2,48,58)(H2,49,65,66)(H2,50,67,68). The molecule has 2 heterocycles. The number of nitrogens with one attached hydrogen (secondary N) is 3. The topological polar surface area (TPSA) is 345 Å². The van der Waals surface area contributed by atoms with Crippen molar-refractivity contribution < 1.29 is 50.5 Å². The summed E-state index contributed by atoms with van der Waals surface area (Å²) in [4.78, 5) is 70.3. The van der Waals surface area contributed by atoms with Crippen LogP contribution in [0.3, 0.4) is 0 Å². The number of morpholine rings is 2. The average molecular weight is 1130 g/mol. The molecule has 28 heteroatoms. The Morgan fingerprint density at radius 1 is 0.640 bits per heavy atom. The van der Waals surface area contributed by atoms with Crippen molar-refractivity contribution in [2.75, 3.05) is 72.7 Å². The molecule has 23 nitrogen and oxygen atoms in total. The predicted octanol–water partition coefficient (Wildman–Crippen LogP) is 4.34. The number of nitro groups is 2. The first-order valence-electron chi connectivity index (χ1n) is 22.8. The number of hydrogen-bond acceptors (Lipinski definition) is 19. The number of hydrogen-bond donors (Lipinski definition) is 7. The maximum Gasteiger partial charge on any atom is 0.293 e. The third kappa shape index (κ3) is 14.1. The molecule has 0 aliphatic carbocycles. The highest BCUT2D eigenvalue weighted by molar-refractivity contribution is 7.99. The van der Waals surface area contributed by atoms with E-state index in [1.165, 1.54) is 34.5 Å². The number of benzene rings is 5. The summed E-state index contributed by atoms with van der Waals surface area (Å²) in [6.45, 7) is -0.0825. The van der Waals surface area contributed by atoms with Crippen LogP contribution in [-0.4, -0.2) is 129 Å². The molecule has 7 rings (SSSR count). The molecule has 2 aliphatic rings. The summed E-state index contributed by atoms with van der Waals surface area (Å²) >= 11 is 6.94. The molecule has 3 amide bonds. The first-order chi connectivity index (χ1) is 35.7. The highest BCUT2D eigenvalue weighted by Gasteiger charge is 2.41. The second-order valence-corrected chi connectivity index (χ2v) is 22.6. The minimum Gasteiger partial charge on any atom is -0.377 e. The lowest BCUT2D eigenvalue weighted by molar-refractivity contribution is -0.384. The van der Waals surface area contributed by atoms with Gasteiger partial charge >= 0.3 is 0 Å². The molecule has 75 heavy (non-hydrogen) atoms. The monoisotopic (exact) mass is 1120 g/mol. The number of thioether (sulfide) groups is 2. The molecule has 9 N–H and O–H groups in total. The van der Waals surface area contributed by atoms with Gasteiger partial charge in [-0.3, -0.25) is 34.6 Å². The lowest BCUT2D eigenvalue weighted by atomic mass is 9.90. The number of carbonyl (C=O) groups excluding carboxylic acids is 3. The second kappa shape index (κ2) is 24.9. The zero-order valence-corrected chi connectivity index (χ0v) is 43.8. The van der Waals surface area contributed by atoms with Gasteiger partial charge in [-0.05, 0) is 60.2 Å². The average Bonchev–Trinajstić information content (AvgIpc) is 3.40. The van der Waals surface area contributed by atoms with Gasteiger partial charge in [0.1, 0.15) is 29.5 Å². The number of carbonyl (C=O) groups is 3. The zero-order chi connectivity index (χ0) is 54.0. The smallest absolute Gasteiger partial charge is 0.293 e. The number of nitrogens with two attached hydrogens (primary N) is 3. The molecule has 0 bridgehead atoms. The summed E-state index contributed by atoms with van der Waals surface area (Å²) in [5.41, 5.74) is 5.34. The van der Waals surface area contributed by atoms with Crippen LogP contribution in [0.25, 0.3) is 0 Å². The quantitative estimate of drug-likeness (QED) is 0.0219. The van der Waals surface area contributed by atoms with Crippen molar-refractivity contribution >= 4 is 102 Å². The van der Waals surface area contributed by atoms with E-state index in [0.717, 1.165) is 40.1 Å². The van der Waals surface area contributed by atoms with Gasteiger partial charge in [0.05, 0.1) is 58.1 Å². The number of rotatable bonds is 22. The minimum atomic E-state index is -4.36. The van der Waals surface area contributed by atoms with E-state index in [2.05, 4.69) is 28.6 Å². The van der Waals surface area contributed by atoms with Gasteiger partial charge in [0.15, 0.2) is 0 Å². The van der Waals surface area contributed by atoms with Crippen LogP contribution in [-0.2, 0) is 43.9 Å². The van der Waals surface area contributed by atoms with E-state index in [0.29, 0.717) is 16.8 Å². The molecule has 0 saturated carbocycles. The predicted molar refractivity (Wildman–Crippen MR) is 286 cm³/mol. The number of nitro benzene ring substituents is 2. The summed E-state index contributed by atoms with van der Waals surface area (Å²) in [6, 6.07) is 23.9. The van der Waals surface area contributed by atoms with E-state index < -0.39 is 99.0 Å². The van der Waals surface area contributed by atoms with E-state index in [4.69, 9.17) is 25.5 Å². The first kappa shape index (κ1) is 56.2. The van der Waals surface area contributed by atoms with Crippen molar-refractivity contribution in [2.45, 2.75) is 49.8 Å². The van der Waals surface area contributed by atoms with Crippen LogP contribution in [0.2, 0.25) is 0 Å². The van der Waals surface area contributed by atoms with E-state index in [1.54, 1.807) is 35.2 Å².